The molecule has 2 aliphatic heterocycles. The van der Waals surface area contributed by atoms with Crippen LogP contribution in [0.15, 0.2) is 44.7 Å². The fraction of sp³-hybridized carbons (Fsp3) is 0.333. The Morgan fingerprint density at radius 2 is 0.710 bits per heavy atom. The predicted molar refractivity (Wildman–Crippen MR) is 156 cm³/mol. The van der Waals surface area contributed by atoms with Gasteiger partial charge in [-0.3, -0.25) is 0 Å². The van der Waals surface area contributed by atoms with E-state index in [1.54, 1.807) is 0 Å². The molecule has 4 atom stereocenters. The smallest absolute Gasteiger partial charge is 0.114 e. The summed E-state index contributed by atoms with van der Waals surface area (Å²) in [6, 6.07) is 0. The first-order valence-electron chi connectivity index (χ1n) is 8.47. The molecule has 3 nitrogen and oxygen atoms in total. The first-order chi connectivity index (χ1) is 14.6. The van der Waals surface area contributed by atoms with Gasteiger partial charge < -0.3 is 14.2 Å². The number of ether oxygens (including phenoxy) is 3. The van der Waals surface area contributed by atoms with Gasteiger partial charge in [-0.2, -0.15) is 0 Å². The number of hydrogen-bond donors (Lipinski definition) is 0. The van der Waals surface area contributed by atoms with Gasteiger partial charge in [0.05, 0.1) is 13.2 Å². The molecule has 2 aromatic carbocycles. The van der Waals surface area contributed by atoms with E-state index in [1.165, 1.54) is 0 Å². The molecule has 2 saturated heterocycles. The summed E-state index contributed by atoms with van der Waals surface area (Å²) in [7, 11) is 0. The van der Waals surface area contributed by atoms with Crippen molar-refractivity contribution in [3.8, 4) is 0 Å². The number of halogens is 10. The van der Waals surface area contributed by atoms with Crippen LogP contribution in [0.25, 0.3) is 0 Å². The van der Waals surface area contributed by atoms with Crippen molar-refractivity contribution in [2.45, 2.75) is 24.4 Å². The largest absolute Gasteiger partial charge is 0.370 e. The second-order valence-corrected chi connectivity index (χ2v) is 14.6. The Morgan fingerprint density at radius 3 is 0.935 bits per heavy atom. The quantitative estimate of drug-likeness (QED) is 0.164. The molecule has 2 heterocycles. The van der Waals surface area contributed by atoms with Gasteiger partial charge in [0.2, 0.25) is 0 Å². The van der Waals surface area contributed by atoms with E-state index < -0.39 is 0 Å². The highest BCUT2D eigenvalue weighted by atomic mass is 79.9. The molecule has 4 unspecified atom stereocenters. The highest BCUT2D eigenvalue weighted by Crippen LogP contribution is 2.54. The van der Waals surface area contributed by atoms with Crippen molar-refractivity contribution in [3.05, 3.63) is 55.9 Å². The summed E-state index contributed by atoms with van der Waals surface area (Å²) in [6.45, 7) is 1.26. The minimum atomic E-state index is -0.335. The van der Waals surface area contributed by atoms with Gasteiger partial charge in [0.25, 0.3) is 0 Å². The summed E-state index contributed by atoms with van der Waals surface area (Å²) >= 11 is 36.8. The fourth-order valence-electron chi connectivity index (χ4n) is 3.05. The van der Waals surface area contributed by atoms with Crippen LogP contribution in [0.2, 0.25) is 0 Å². The maximum atomic E-state index is 6.81. The molecule has 4 rings (SSSR count). The van der Waals surface area contributed by atoms with Crippen molar-refractivity contribution >= 4 is 159 Å². The molecular formula is C18H8Br10O3. The molecule has 13 heteroatoms. The lowest BCUT2D eigenvalue weighted by Gasteiger charge is -2.28. The molecule has 31 heavy (non-hydrogen) atoms. The van der Waals surface area contributed by atoms with E-state index in [-0.39, 0.29) is 24.4 Å². The first-order valence-corrected chi connectivity index (χ1v) is 16.4. The summed E-state index contributed by atoms with van der Waals surface area (Å²) in [5.41, 5.74) is 1.91. The Hall–Kier alpha value is 3.12. The molecule has 0 radical (unpaired) electrons. The minimum Gasteiger partial charge on any atom is -0.370 e. The van der Waals surface area contributed by atoms with Crippen LogP contribution in [0, 0.1) is 0 Å². The Morgan fingerprint density at radius 1 is 0.484 bits per heavy atom. The van der Waals surface area contributed by atoms with Gasteiger partial charge in [-0.05, 0) is 159 Å². The van der Waals surface area contributed by atoms with Crippen molar-refractivity contribution in [3.63, 3.8) is 0 Å². The summed E-state index contributed by atoms with van der Waals surface area (Å²) in [6.07, 6.45) is -0.792. The van der Waals surface area contributed by atoms with Gasteiger partial charge in [0.15, 0.2) is 0 Å². The van der Waals surface area contributed by atoms with Gasteiger partial charge in [-0.1, -0.05) is 0 Å². The molecule has 2 aliphatic rings. The molecule has 168 valence electrons. The van der Waals surface area contributed by atoms with Crippen LogP contribution < -0.4 is 0 Å². The van der Waals surface area contributed by atoms with Crippen LogP contribution in [0.1, 0.15) is 23.3 Å². The molecule has 0 spiro atoms. The van der Waals surface area contributed by atoms with E-state index in [2.05, 4.69) is 159 Å². The molecule has 0 aliphatic carbocycles. The van der Waals surface area contributed by atoms with Crippen LogP contribution in [-0.4, -0.2) is 25.4 Å². The maximum Gasteiger partial charge on any atom is 0.114 e. The zero-order chi connectivity index (χ0) is 22.8. The standard InChI is InChI=1S/C18H8Br10O3/c19-7-5(8(20)12(24)15(27)11(7)23)17(3-1-29-3)31-18(4-2-30-4)6-9(21)13(25)16(28)14(26)10(6)22/h3-4,17-18H,1-2H2. The lowest BCUT2D eigenvalue weighted by Crippen LogP contribution is -2.21. The van der Waals surface area contributed by atoms with E-state index in [0.717, 1.165) is 55.9 Å². The van der Waals surface area contributed by atoms with Gasteiger partial charge in [0.1, 0.15) is 24.4 Å². The number of benzene rings is 2. The number of rotatable bonds is 6. The molecular weight excluding hydrogens is 1060 g/mol. The summed E-state index contributed by atoms with van der Waals surface area (Å²) in [5.74, 6) is 0. The summed E-state index contributed by atoms with van der Waals surface area (Å²) < 4.78 is 27.2. The van der Waals surface area contributed by atoms with Gasteiger partial charge in [-0.25, -0.2) is 0 Å². The van der Waals surface area contributed by atoms with E-state index in [1.807, 2.05) is 0 Å². The van der Waals surface area contributed by atoms with Crippen molar-refractivity contribution in [2.75, 3.05) is 13.2 Å². The predicted octanol–water partition coefficient (Wildman–Crippen LogP) is 10.9. The number of epoxide rings is 2. The van der Waals surface area contributed by atoms with Crippen molar-refractivity contribution in [1.29, 1.82) is 0 Å². The highest BCUT2D eigenvalue weighted by molar-refractivity contribution is 9.16. The van der Waals surface area contributed by atoms with Crippen molar-refractivity contribution < 1.29 is 14.2 Å². The average Bonchev–Trinajstić information content (AvgIpc) is 3.64. The highest BCUT2D eigenvalue weighted by Gasteiger charge is 2.45. The first kappa shape index (κ1) is 27.2. The van der Waals surface area contributed by atoms with Crippen molar-refractivity contribution in [2.24, 2.45) is 0 Å². The average molecular weight is 1070 g/mol. The third kappa shape index (κ3) is 5.39. The molecule has 0 saturated carbocycles. The second-order valence-electron chi connectivity index (χ2n) is 6.69. The normalized spacial score (nSPS) is 21.9. The SMILES string of the molecule is Brc1c(Br)c(Br)c(C(OC(c2c(Br)c(Br)c(Br)c(Br)c2Br)C2CO2)C2CO2)c(Br)c1Br. The Bertz CT molecular complexity index is 926. The lowest BCUT2D eigenvalue weighted by atomic mass is 10.0. The monoisotopic (exact) mass is 1060 g/mol. The van der Waals surface area contributed by atoms with Gasteiger partial charge in [-0.15, -0.1) is 0 Å². The van der Waals surface area contributed by atoms with E-state index >= 15 is 0 Å². The maximum absolute atomic E-state index is 6.81. The zero-order valence-corrected chi connectivity index (χ0v) is 30.6. The fourth-order valence-corrected chi connectivity index (χ4v) is 10.1. The third-order valence-electron chi connectivity index (χ3n) is 4.74. The Balaban J connectivity index is 1.83. The van der Waals surface area contributed by atoms with Crippen molar-refractivity contribution in [1.82, 2.24) is 0 Å². The molecule has 0 N–H and O–H groups in total. The topological polar surface area (TPSA) is 34.3 Å². The molecule has 0 bridgehead atoms. The van der Waals surface area contributed by atoms with E-state index in [9.17, 15) is 0 Å². The molecule has 0 amide bonds. The van der Waals surface area contributed by atoms with Gasteiger partial charge in [0, 0.05) is 55.9 Å². The van der Waals surface area contributed by atoms with Crippen LogP contribution >= 0.6 is 159 Å². The lowest BCUT2D eigenvalue weighted by molar-refractivity contribution is -0.0433. The third-order valence-corrected chi connectivity index (χ3v) is 17.1. The van der Waals surface area contributed by atoms with Crippen LogP contribution in [0.4, 0.5) is 0 Å². The summed E-state index contributed by atoms with van der Waals surface area (Å²) in [4.78, 5) is 0. The van der Waals surface area contributed by atoms with E-state index in [0.29, 0.717) is 13.2 Å². The summed E-state index contributed by atoms with van der Waals surface area (Å²) in [5, 5.41) is 0. The Kier molecular flexibility index (Phi) is 9.51. The Labute approximate surface area is 263 Å². The number of hydrogen-bond acceptors (Lipinski definition) is 3. The second kappa shape index (κ2) is 10.8. The molecule has 2 fully saturated rings. The van der Waals surface area contributed by atoms with Crippen LogP contribution in [0.3, 0.4) is 0 Å². The molecule has 0 aromatic heterocycles. The minimum absolute atomic E-state index is 0.0614. The van der Waals surface area contributed by atoms with E-state index in [4.69, 9.17) is 14.2 Å². The zero-order valence-electron chi connectivity index (χ0n) is 14.7. The molecule has 2 aromatic rings. The van der Waals surface area contributed by atoms with Crippen LogP contribution in [0.5, 0.6) is 0 Å². The van der Waals surface area contributed by atoms with Crippen LogP contribution in [-0.2, 0) is 14.2 Å². The van der Waals surface area contributed by atoms with Gasteiger partial charge >= 0.3 is 0 Å².